The maximum absolute atomic E-state index is 12.0. The number of carbonyl (C=O) groups excluding carboxylic acids is 3. The van der Waals surface area contributed by atoms with Crippen molar-refractivity contribution in [2.75, 3.05) is 34.0 Å². The molecule has 0 aliphatic carbocycles. The molecule has 0 fully saturated rings. The number of benzene rings is 1. The second-order valence-electron chi connectivity index (χ2n) is 5.12. The van der Waals surface area contributed by atoms with E-state index in [-0.39, 0.29) is 29.7 Å². The predicted molar refractivity (Wildman–Crippen MR) is 87.4 cm³/mol. The van der Waals surface area contributed by atoms with Gasteiger partial charge < -0.3 is 30.0 Å². The summed E-state index contributed by atoms with van der Waals surface area (Å²) < 4.78 is 20.1. The zero-order valence-corrected chi connectivity index (χ0v) is 14.4. The second-order valence-corrected chi connectivity index (χ2v) is 5.12. The maximum Gasteiger partial charge on any atom is 0.338 e. The summed E-state index contributed by atoms with van der Waals surface area (Å²) in [4.78, 5) is 34.4. The molecule has 0 aliphatic heterocycles. The molecule has 1 aromatic carbocycles. The van der Waals surface area contributed by atoms with Gasteiger partial charge in [-0.25, -0.2) is 4.79 Å². The maximum atomic E-state index is 12.0. The topological polar surface area (TPSA) is 126 Å². The zero-order valence-electron chi connectivity index (χ0n) is 14.4. The van der Waals surface area contributed by atoms with E-state index < -0.39 is 24.4 Å². The summed E-state index contributed by atoms with van der Waals surface area (Å²) in [5.74, 6) is -1.29. The lowest BCUT2D eigenvalue weighted by atomic mass is 10.2. The molecule has 0 saturated carbocycles. The van der Waals surface area contributed by atoms with Crippen molar-refractivity contribution in [1.29, 1.82) is 0 Å². The summed E-state index contributed by atoms with van der Waals surface area (Å²) in [6, 6.07) is 4.05. The molecule has 1 aromatic rings. The Morgan fingerprint density at radius 1 is 1.16 bits per heavy atom. The smallest absolute Gasteiger partial charge is 0.338 e. The number of methoxy groups -OCH3 is 2. The molecule has 0 spiro atoms. The second kappa shape index (κ2) is 10.1. The van der Waals surface area contributed by atoms with Gasteiger partial charge in [0.05, 0.1) is 19.3 Å². The van der Waals surface area contributed by atoms with E-state index in [9.17, 15) is 14.4 Å². The number of ether oxygens (including phenoxy) is 4. The molecule has 0 aliphatic rings. The van der Waals surface area contributed by atoms with Crippen LogP contribution in [0.25, 0.3) is 0 Å². The number of nitrogens with one attached hydrogen (secondary N) is 1. The first-order valence-electron chi connectivity index (χ1n) is 7.42. The third kappa shape index (κ3) is 7.08. The van der Waals surface area contributed by atoms with E-state index in [4.69, 9.17) is 24.7 Å². The average molecular weight is 354 g/mol. The van der Waals surface area contributed by atoms with Crippen molar-refractivity contribution < 1.29 is 33.3 Å². The van der Waals surface area contributed by atoms with Gasteiger partial charge in [0.25, 0.3) is 11.8 Å². The molecule has 138 valence electrons. The molecular formula is C16H22N2O7. The van der Waals surface area contributed by atoms with Gasteiger partial charge in [-0.05, 0) is 25.1 Å². The molecule has 1 atom stereocenters. The molecule has 9 heteroatoms. The Hall–Kier alpha value is -2.81. The van der Waals surface area contributed by atoms with Crippen molar-refractivity contribution in [3.8, 4) is 11.5 Å². The van der Waals surface area contributed by atoms with Crippen LogP contribution in [0, 0.1) is 0 Å². The van der Waals surface area contributed by atoms with Crippen LogP contribution in [0.2, 0.25) is 0 Å². The summed E-state index contributed by atoms with van der Waals surface area (Å²) >= 11 is 0. The number of hydrogen-bond acceptors (Lipinski definition) is 7. The number of rotatable bonds is 10. The Morgan fingerprint density at radius 3 is 2.48 bits per heavy atom. The lowest BCUT2D eigenvalue weighted by Gasteiger charge is -2.13. The van der Waals surface area contributed by atoms with Crippen LogP contribution >= 0.6 is 0 Å². The number of nitrogens with two attached hydrogens (primary N) is 1. The van der Waals surface area contributed by atoms with Crippen LogP contribution in [0.4, 0.5) is 0 Å². The van der Waals surface area contributed by atoms with Crippen LogP contribution < -0.4 is 20.5 Å². The summed E-state index contributed by atoms with van der Waals surface area (Å²) in [6.45, 7) is 1.37. The van der Waals surface area contributed by atoms with E-state index in [2.05, 4.69) is 5.32 Å². The van der Waals surface area contributed by atoms with Gasteiger partial charge in [0.1, 0.15) is 0 Å². The van der Waals surface area contributed by atoms with Crippen LogP contribution in [-0.4, -0.2) is 57.9 Å². The van der Waals surface area contributed by atoms with E-state index >= 15 is 0 Å². The highest BCUT2D eigenvalue weighted by Gasteiger charge is 2.15. The normalized spacial score (nSPS) is 11.3. The van der Waals surface area contributed by atoms with Crippen LogP contribution in [0.15, 0.2) is 18.2 Å². The Labute approximate surface area is 145 Å². The fourth-order valence-electron chi connectivity index (χ4n) is 1.89. The Bertz CT molecular complexity index is 619. The van der Waals surface area contributed by atoms with Gasteiger partial charge in [0, 0.05) is 13.2 Å². The van der Waals surface area contributed by atoms with Gasteiger partial charge in [-0.2, -0.15) is 0 Å². The van der Waals surface area contributed by atoms with Crippen LogP contribution in [0.3, 0.4) is 0 Å². The molecule has 2 amide bonds. The summed E-state index contributed by atoms with van der Waals surface area (Å²) in [6.07, 6.45) is 0. The molecule has 1 unspecified atom stereocenters. The Kier molecular flexibility index (Phi) is 8.21. The molecule has 9 nitrogen and oxygen atoms in total. The summed E-state index contributed by atoms with van der Waals surface area (Å²) in [7, 11) is 2.90. The van der Waals surface area contributed by atoms with Gasteiger partial charge in [-0.15, -0.1) is 0 Å². The highest BCUT2D eigenvalue weighted by molar-refractivity contribution is 5.92. The van der Waals surface area contributed by atoms with Crippen molar-refractivity contribution >= 4 is 17.8 Å². The zero-order chi connectivity index (χ0) is 18.8. The van der Waals surface area contributed by atoms with Gasteiger partial charge in [-0.3, -0.25) is 9.59 Å². The highest BCUT2D eigenvalue weighted by Crippen LogP contribution is 2.28. The minimum atomic E-state index is -0.700. The molecule has 0 aromatic heterocycles. The number of primary amides is 1. The van der Waals surface area contributed by atoms with E-state index in [0.717, 1.165) is 0 Å². The molecule has 25 heavy (non-hydrogen) atoms. The fraction of sp³-hybridized carbons (Fsp3) is 0.438. The molecule has 0 bridgehead atoms. The van der Waals surface area contributed by atoms with Crippen LogP contribution in [-0.2, 0) is 19.1 Å². The standard InChI is InChI=1S/C16H22N2O7/c1-10(7-22-2)18-15(20)9-25-16(21)11-4-5-12(13(6-11)23-3)24-8-14(17)19/h4-6,10H,7-9H2,1-3H3,(H2,17,19)(H,18,20). The molecule has 3 N–H and O–H groups in total. The first kappa shape index (κ1) is 20.2. The Balaban J connectivity index is 2.63. The minimum absolute atomic E-state index is 0.168. The molecular weight excluding hydrogens is 332 g/mol. The van der Waals surface area contributed by atoms with E-state index in [1.165, 1.54) is 32.4 Å². The summed E-state index contributed by atoms with van der Waals surface area (Å²) in [5, 5.41) is 2.62. The van der Waals surface area contributed by atoms with E-state index in [1.807, 2.05) is 0 Å². The predicted octanol–water partition coefficient (Wildman–Crippen LogP) is -0.133. The van der Waals surface area contributed by atoms with Gasteiger partial charge in [0.15, 0.2) is 24.7 Å². The first-order valence-corrected chi connectivity index (χ1v) is 7.42. The molecule has 1 rings (SSSR count). The van der Waals surface area contributed by atoms with Crippen molar-refractivity contribution in [2.24, 2.45) is 5.73 Å². The van der Waals surface area contributed by atoms with Crippen molar-refractivity contribution in [3.05, 3.63) is 23.8 Å². The van der Waals surface area contributed by atoms with E-state index in [1.54, 1.807) is 6.92 Å². The highest BCUT2D eigenvalue weighted by atomic mass is 16.5. The monoisotopic (exact) mass is 354 g/mol. The quantitative estimate of drug-likeness (QED) is 0.560. The molecule has 0 heterocycles. The first-order chi connectivity index (χ1) is 11.9. The number of carbonyl (C=O) groups is 3. The average Bonchev–Trinajstić information content (AvgIpc) is 2.57. The lowest BCUT2D eigenvalue weighted by molar-refractivity contribution is -0.125. The number of hydrogen-bond donors (Lipinski definition) is 2. The number of amides is 2. The molecule has 0 radical (unpaired) electrons. The SMILES string of the molecule is COCC(C)NC(=O)COC(=O)c1ccc(OCC(N)=O)c(OC)c1. The lowest BCUT2D eigenvalue weighted by Crippen LogP contribution is -2.38. The number of esters is 1. The van der Waals surface area contributed by atoms with Crippen LogP contribution in [0.5, 0.6) is 11.5 Å². The Morgan fingerprint density at radius 2 is 1.88 bits per heavy atom. The van der Waals surface area contributed by atoms with Gasteiger partial charge in [0.2, 0.25) is 0 Å². The minimum Gasteiger partial charge on any atom is -0.493 e. The fourth-order valence-corrected chi connectivity index (χ4v) is 1.89. The van der Waals surface area contributed by atoms with Gasteiger partial charge >= 0.3 is 5.97 Å². The third-order valence-electron chi connectivity index (χ3n) is 2.93. The van der Waals surface area contributed by atoms with Crippen LogP contribution in [0.1, 0.15) is 17.3 Å². The van der Waals surface area contributed by atoms with Crippen molar-refractivity contribution in [1.82, 2.24) is 5.32 Å². The van der Waals surface area contributed by atoms with Crippen molar-refractivity contribution in [2.45, 2.75) is 13.0 Å². The van der Waals surface area contributed by atoms with Gasteiger partial charge in [-0.1, -0.05) is 0 Å². The molecule has 0 saturated heterocycles. The van der Waals surface area contributed by atoms with E-state index in [0.29, 0.717) is 6.61 Å². The summed E-state index contributed by atoms with van der Waals surface area (Å²) in [5.41, 5.74) is 5.17. The van der Waals surface area contributed by atoms with Crippen molar-refractivity contribution in [3.63, 3.8) is 0 Å². The third-order valence-corrected chi connectivity index (χ3v) is 2.93. The largest absolute Gasteiger partial charge is 0.493 e.